The van der Waals surface area contributed by atoms with E-state index in [1.165, 1.54) is 12.1 Å². The number of anilines is 1. The van der Waals surface area contributed by atoms with Gasteiger partial charge < -0.3 is 20.4 Å². The minimum Gasteiger partial charge on any atom is -0.350 e. The number of hydrogen-bond acceptors (Lipinski definition) is 5. The van der Waals surface area contributed by atoms with Crippen LogP contribution in [0, 0.1) is 5.82 Å². The van der Waals surface area contributed by atoms with Gasteiger partial charge in [0.25, 0.3) is 0 Å². The molecule has 2 aromatic rings. The molecule has 0 atom stereocenters. The third kappa shape index (κ3) is 5.37. The fraction of sp³-hybridized carbons (Fsp3) is 0.333. The summed E-state index contributed by atoms with van der Waals surface area (Å²) in [6.07, 6.45) is 3.37. The maximum absolute atomic E-state index is 13.1. The van der Waals surface area contributed by atoms with Crippen LogP contribution in [0.3, 0.4) is 0 Å². The van der Waals surface area contributed by atoms with Crippen LogP contribution in [0.4, 0.5) is 15.1 Å². The Morgan fingerprint density at radius 2 is 1.78 bits per heavy atom. The number of nitrogens with zero attached hydrogens (tertiary/aromatic N) is 4. The molecule has 3 amide bonds. The van der Waals surface area contributed by atoms with Gasteiger partial charge in [-0.1, -0.05) is 12.1 Å². The first kappa shape index (κ1) is 18.6. The van der Waals surface area contributed by atoms with E-state index < -0.39 is 0 Å². The van der Waals surface area contributed by atoms with Crippen molar-refractivity contribution in [1.29, 1.82) is 0 Å². The number of carbonyl (C=O) groups excluding carboxylic acids is 2. The van der Waals surface area contributed by atoms with E-state index in [1.54, 1.807) is 35.5 Å². The molecule has 0 radical (unpaired) electrons. The van der Waals surface area contributed by atoms with Gasteiger partial charge in [-0.05, 0) is 23.8 Å². The van der Waals surface area contributed by atoms with Crippen molar-refractivity contribution in [2.75, 3.05) is 37.6 Å². The molecule has 3 rings (SSSR count). The average molecular weight is 372 g/mol. The molecule has 8 nitrogen and oxygen atoms in total. The third-order valence-electron chi connectivity index (χ3n) is 4.18. The lowest BCUT2D eigenvalue weighted by molar-refractivity contribution is -0.120. The molecule has 0 saturated carbocycles. The number of hydrogen-bond donors (Lipinski definition) is 2. The second-order valence-corrected chi connectivity index (χ2v) is 6.09. The van der Waals surface area contributed by atoms with E-state index >= 15 is 0 Å². The summed E-state index contributed by atoms with van der Waals surface area (Å²) in [6.45, 7) is 2.38. The Hall–Kier alpha value is -3.23. The Morgan fingerprint density at radius 3 is 2.48 bits per heavy atom. The van der Waals surface area contributed by atoms with Crippen molar-refractivity contribution in [3.8, 4) is 0 Å². The van der Waals surface area contributed by atoms with Crippen molar-refractivity contribution >= 4 is 17.9 Å². The largest absolute Gasteiger partial charge is 0.350 e. The zero-order valence-electron chi connectivity index (χ0n) is 14.8. The predicted octanol–water partition coefficient (Wildman–Crippen LogP) is 0.764. The van der Waals surface area contributed by atoms with E-state index in [2.05, 4.69) is 20.6 Å². The lowest BCUT2D eigenvalue weighted by atomic mass is 10.2. The van der Waals surface area contributed by atoms with Gasteiger partial charge in [-0.25, -0.2) is 19.2 Å². The number of aromatic nitrogens is 2. The second-order valence-electron chi connectivity index (χ2n) is 6.09. The van der Waals surface area contributed by atoms with Crippen LogP contribution >= 0.6 is 0 Å². The molecule has 1 aromatic heterocycles. The molecule has 0 unspecified atom stereocenters. The zero-order valence-corrected chi connectivity index (χ0v) is 14.8. The number of piperazine rings is 1. The maximum atomic E-state index is 13.1. The molecule has 27 heavy (non-hydrogen) atoms. The van der Waals surface area contributed by atoms with Gasteiger partial charge in [0, 0.05) is 45.1 Å². The molecule has 0 spiro atoms. The average Bonchev–Trinajstić information content (AvgIpc) is 2.71. The van der Waals surface area contributed by atoms with E-state index in [1.807, 2.05) is 4.90 Å². The predicted molar refractivity (Wildman–Crippen MR) is 97.5 cm³/mol. The molecule has 142 valence electrons. The molecule has 1 aliphatic heterocycles. The third-order valence-corrected chi connectivity index (χ3v) is 4.18. The van der Waals surface area contributed by atoms with Crippen LogP contribution in [0.2, 0.25) is 0 Å². The highest BCUT2D eigenvalue weighted by Gasteiger charge is 2.22. The minimum atomic E-state index is -0.352. The van der Waals surface area contributed by atoms with Gasteiger partial charge in [0.1, 0.15) is 5.82 Å². The van der Waals surface area contributed by atoms with E-state index in [4.69, 9.17) is 0 Å². The van der Waals surface area contributed by atoms with Gasteiger partial charge in [-0.2, -0.15) is 0 Å². The maximum Gasteiger partial charge on any atom is 0.317 e. The van der Waals surface area contributed by atoms with E-state index in [0.29, 0.717) is 37.7 Å². The first-order valence-corrected chi connectivity index (χ1v) is 8.68. The van der Waals surface area contributed by atoms with Crippen molar-refractivity contribution < 1.29 is 14.0 Å². The number of rotatable bonds is 5. The smallest absolute Gasteiger partial charge is 0.317 e. The first-order valence-electron chi connectivity index (χ1n) is 8.68. The number of carbonyl (C=O) groups is 2. The van der Waals surface area contributed by atoms with Crippen LogP contribution in [0.1, 0.15) is 5.56 Å². The second kappa shape index (κ2) is 8.93. The van der Waals surface area contributed by atoms with Gasteiger partial charge >= 0.3 is 6.03 Å². The normalized spacial score (nSPS) is 14.0. The van der Waals surface area contributed by atoms with Crippen LogP contribution in [-0.4, -0.2) is 59.5 Å². The lowest BCUT2D eigenvalue weighted by Crippen LogP contribution is -2.53. The molecular weight excluding hydrogens is 351 g/mol. The van der Waals surface area contributed by atoms with Gasteiger partial charge in [-0.15, -0.1) is 0 Å². The fourth-order valence-electron chi connectivity index (χ4n) is 2.74. The Labute approximate surface area is 156 Å². The standard InChI is InChI=1S/C18H21FN6O2/c19-15-4-1-3-14(11-15)12-22-16(26)13-23-18(27)25-9-7-24(8-10-25)17-20-5-2-6-21-17/h1-6,11H,7-10,12-13H2,(H,22,26)(H,23,27). The summed E-state index contributed by atoms with van der Waals surface area (Å²) in [5, 5.41) is 5.25. The zero-order chi connectivity index (χ0) is 19.1. The Kier molecular flexibility index (Phi) is 6.14. The first-order chi connectivity index (χ1) is 13.1. The summed E-state index contributed by atoms with van der Waals surface area (Å²) < 4.78 is 13.1. The molecule has 1 saturated heterocycles. The number of urea groups is 1. The van der Waals surface area contributed by atoms with Gasteiger partial charge in [0.2, 0.25) is 11.9 Å². The van der Waals surface area contributed by atoms with E-state index in [0.717, 1.165) is 0 Å². The molecule has 2 N–H and O–H groups in total. The molecule has 0 bridgehead atoms. The molecular formula is C18H21FN6O2. The lowest BCUT2D eigenvalue weighted by Gasteiger charge is -2.34. The molecule has 9 heteroatoms. The van der Waals surface area contributed by atoms with E-state index in [9.17, 15) is 14.0 Å². The highest BCUT2D eigenvalue weighted by molar-refractivity contribution is 5.84. The SMILES string of the molecule is O=C(CNC(=O)N1CCN(c2ncccn2)CC1)NCc1cccc(F)c1. The fourth-order valence-corrected chi connectivity index (χ4v) is 2.74. The van der Waals surface area contributed by atoms with Gasteiger partial charge in [-0.3, -0.25) is 4.79 Å². The van der Waals surface area contributed by atoms with Crippen molar-refractivity contribution in [1.82, 2.24) is 25.5 Å². The van der Waals surface area contributed by atoms with Crippen LogP contribution < -0.4 is 15.5 Å². The van der Waals surface area contributed by atoms with Crippen molar-refractivity contribution in [3.63, 3.8) is 0 Å². The van der Waals surface area contributed by atoms with E-state index in [-0.39, 0.29) is 30.8 Å². The van der Waals surface area contributed by atoms with Crippen LogP contribution in [0.5, 0.6) is 0 Å². The topological polar surface area (TPSA) is 90.5 Å². The highest BCUT2D eigenvalue weighted by atomic mass is 19.1. The summed E-state index contributed by atoms with van der Waals surface area (Å²) >= 11 is 0. The Bertz CT molecular complexity index is 780. The monoisotopic (exact) mass is 372 g/mol. The summed E-state index contributed by atoms with van der Waals surface area (Å²) in [7, 11) is 0. The van der Waals surface area contributed by atoms with Crippen molar-refractivity contribution in [2.45, 2.75) is 6.54 Å². The molecule has 1 aliphatic rings. The molecule has 2 heterocycles. The summed E-state index contributed by atoms with van der Waals surface area (Å²) in [4.78, 5) is 36.1. The van der Waals surface area contributed by atoms with Gasteiger partial charge in [0.15, 0.2) is 0 Å². The number of amides is 3. The molecule has 1 fully saturated rings. The summed E-state index contributed by atoms with van der Waals surface area (Å²) in [6, 6.07) is 7.47. The van der Waals surface area contributed by atoms with Crippen LogP contribution in [0.15, 0.2) is 42.7 Å². The molecule has 0 aliphatic carbocycles. The van der Waals surface area contributed by atoms with Crippen LogP contribution in [-0.2, 0) is 11.3 Å². The number of nitrogens with one attached hydrogen (secondary N) is 2. The summed E-state index contributed by atoms with van der Waals surface area (Å²) in [5.74, 6) is -0.0340. The number of benzene rings is 1. The Morgan fingerprint density at radius 1 is 1.04 bits per heavy atom. The number of halogens is 1. The Balaban J connectivity index is 1.37. The molecule has 1 aromatic carbocycles. The minimum absolute atomic E-state index is 0.129. The van der Waals surface area contributed by atoms with Crippen molar-refractivity contribution in [2.24, 2.45) is 0 Å². The quantitative estimate of drug-likeness (QED) is 0.809. The highest BCUT2D eigenvalue weighted by Crippen LogP contribution is 2.09. The summed E-state index contributed by atoms with van der Waals surface area (Å²) in [5.41, 5.74) is 0.661. The van der Waals surface area contributed by atoms with Crippen LogP contribution in [0.25, 0.3) is 0 Å². The van der Waals surface area contributed by atoms with Gasteiger partial charge in [0.05, 0.1) is 6.54 Å². The van der Waals surface area contributed by atoms with Crippen molar-refractivity contribution in [3.05, 3.63) is 54.1 Å².